The Bertz CT molecular complexity index is 496. The molecule has 3 nitrogen and oxygen atoms in total. The molecule has 0 unspecified atom stereocenters. The fraction of sp³-hybridized carbons (Fsp3) is 0.182. The van der Waals surface area contributed by atoms with Gasteiger partial charge in [0.05, 0.1) is 28.8 Å². The van der Waals surface area contributed by atoms with Gasteiger partial charge in [-0.05, 0) is 19.1 Å². The monoisotopic (exact) mass is 215 g/mol. The van der Waals surface area contributed by atoms with Crippen LogP contribution in [-0.2, 0) is 6.42 Å². The Labute approximate surface area is 92.1 Å². The average Bonchev–Trinajstić information content (AvgIpc) is 2.61. The molecule has 0 aromatic carbocycles. The number of nitriles is 1. The SMILES string of the molecule is Cc1nc(CC#N)sc1-c1ccccn1. The van der Waals surface area contributed by atoms with Gasteiger partial charge in [-0.25, -0.2) is 4.98 Å². The third kappa shape index (κ3) is 2.03. The zero-order valence-electron chi connectivity index (χ0n) is 8.27. The molecule has 2 aromatic rings. The summed E-state index contributed by atoms with van der Waals surface area (Å²) < 4.78 is 0. The molecule has 0 N–H and O–H groups in total. The summed E-state index contributed by atoms with van der Waals surface area (Å²) in [5, 5.41) is 9.45. The van der Waals surface area contributed by atoms with Crippen molar-refractivity contribution in [3.63, 3.8) is 0 Å². The van der Waals surface area contributed by atoms with Crippen LogP contribution in [0.2, 0.25) is 0 Å². The summed E-state index contributed by atoms with van der Waals surface area (Å²) in [7, 11) is 0. The normalized spacial score (nSPS) is 9.87. The first-order chi connectivity index (χ1) is 7.31. The number of nitrogens with zero attached hydrogens (tertiary/aromatic N) is 3. The van der Waals surface area contributed by atoms with Crippen LogP contribution in [0.3, 0.4) is 0 Å². The van der Waals surface area contributed by atoms with Gasteiger partial charge >= 0.3 is 0 Å². The Morgan fingerprint density at radius 1 is 1.47 bits per heavy atom. The molecule has 0 radical (unpaired) electrons. The lowest BCUT2D eigenvalue weighted by molar-refractivity contribution is 1.14. The van der Waals surface area contributed by atoms with Crippen molar-refractivity contribution in [3.8, 4) is 16.6 Å². The second-order valence-electron chi connectivity index (χ2n) is 3.07. The van der Waals surface area contributed by atoms with Gasteiger partial charge in [0.2, 0.25) is 0 Å². The molecule has 4 heteroatoms. The Balaban J connectivity index is 2.42. The van der Waals surface area contributed by atoms with Crippen LogP contribution in [0.15, 0.2) is 24.4 Å². The zero-order valence-corrected chi connectivity index (χ0v) is 9.08. The summed E-state index contributed by atoms with van der Waals surface area (Å²) in [5.74, 6) is 0. The molecule has 15 heavy (non-hydrogen) atoms. The highest BCUT2D eigenvalue weighted by molar-refractivity contribution is 7.15. The molecule has 2 heterocycles. The number of pyridine rings is 1. The Kier molecular flexibility index (Phi) is 2.75. The van der Waals surface area contributed by atoms with Crippen LogP contribution in [0.5, 0.6) is 0 Å². The number of hydrogen-bond acceptors (Lipinski definition) is 4. The third-order valence-electron chi connectivity index (χ3n) is 1.97. The Morgan fingerprint density at radius 2 is 2.33 bits per heavy atom. The van der Waals surface area contributed by atoms with Crippen molar-refractivity contribution in [2.45, 2.75) is 13.3 Å². The fourth-order valence-electron chi connectivity index (χ4n) is 1.33. The smallest absolute Gasteiger partial charge is 0.108 e. The van der Waals surface area contributed by atoms with Crippen molar-refractivity contribution in [2.75, 3.05) is 0 Å². The van der Waals surface area contributed by atoms with Crippen molar-refractivity contribution < 1.29 is 0 Å². The molecular formula is C11H9N3S. The van der Waals surface area contributed by atoms with Gasteiger partial charge < -0.3 is 0 Å². The summed E-state index contributed by atoms with van der Waals surface area (Å²) in [6, 6.07) is 7.89. The first kappa shape index (κ1) is 9.81. The summed E-state index contributed by atoms with van der Waals surface area (Å²) in [4.78, 5) is 9.66. The summed E-state index contributed by atoms with van der Waals surface area (Å²) >= 11 is 1.54. The van der Waals surface area contributed by atoms with E-state index >= 15 is 0 Å². The molecule has 2 aromatic heterocycles. The molecule has 0 fully saturated rings. The maximum atomic E-state index is 8.59. The van der Waals surface area contributed by atoms with Crippen LogP contribution in [0, 0.1) is 18.3 Å². The second kappa shape index (κ2) is 4.20. The third-order valence-corrected chi connectivity index (χ3v) is 3.15. The van der Waals surface area contributed by atoms with E-state index in [0.29, 0.717) is 6.42 Å². The van der Waals surface area contributed by atoms with Gasteiger partial charge in [-0.3, -0.25) is 4.98 Å². The predicted molar refractivity (Wildman–Crippen MR) is 59.4 cm³/mol. The van der Waals surface area contributed by atoms with Gasteiger partial charge in [0, 0.05) is 6.20 Å². The van der Waals surface area contributed by atoms with E-state index in [-0.39, 0.29) is 0 Å². The van der Waals surface area contributed by atoms with E-state index in [4.69, 9.17) is 5.26 Å². The molecule has 0 saturated carbocycles. The maximum Gasteiger partial charge on any atom is 0.108 e. The molecule has 2 rings (SSSR count). The molecule has 0 saturated heterocycles. The molecule has 0 amide bonds. The van der Waals surface area contributed by atoms with Crippen LogP contribution in [0.1, 0.15) is 10.7 Å². The molecular weight excluding hydrogens is 206 g/mol. The first-order valence-electron chi connectivity index (χ1n) is 4.56. The van der Waals surface area contributed by atoms with Crippen molar-refractivity contribution in [1.29, 1.82) is 5.26 Å². The number of rotatable bonds is 2. The largest absolute Gasteiger partial charge is 0.255 e. The molecule has 0 atom stereocenters. The van der Waals surface area contributed by atoms with Gasteiger partial charge in [0.1, 0.15) is 5.01 Å². The van der Waals surface area contributed by atoms with E-state index in [2.05, 4.69) is 16.0 Å². The van der Waals surface area contributed by atoms with E-state index in [1.807, 2.05) is 25.1 Å². The zero-order chi connectivity index (χ0) is 10.7. The van der Waals surface area contributed by atoms with Crippen LogP contribution in [0.4, 0.5) is 0 Å². The lowest BCUT2D eigenvalue weighted by Crippen LogP contribution is -1.81. The molecule has 0 aliphatic heterocycles. The standard InChI is InChI=1S/C11H9N3S/c1-8-11(9-4-2-3-7-13-9)15-10(14-8)5-6-12/h2-4,7H,5H2,1H3. The Hall–Kier alpha value is -1.73. The topological polar surface area (TPSA) is 49.6 Å². The van der Waals surface area contributed by atoms with E-state index in [0.717, 1.165) is 21.3 Å². The van der Waals surface area contributed by atoms with Gasteiger partial charge in [-0.1, -0.05) is 6.07 Å². The number of aromatic nitrogens is 2. The van der Waals surface area contributed by atoms with Crippen molar-refractivity contribution in [2.24, 2.45) is 0 Å². The lowest BCUT2D eigenvalue weighted by atomic mass is 10.3. The molecule has 0 aliphatic carbocycles. The summed E-state index contributed by atoms with van der Waals surface area (Å²) in [6.45, 7) is 1.95. The maximum absolute atomic E-state index is 8.59. The van der Waals surface area contributed by atoms with Crippen molar-refractivity contribution in [3.05, 3.63) is 35.1 Å². The van der Waals surface area contributed by atoms with Crippen molar-refractivity contribution in [1.82, 2.24) is 9.97 Å². The minimum Gasteiger partial charge on any atom is -0.255 e. The molecule has 74 valence electrons. The summed E-state index contributed by atoms with van der Waals surface area (Å²) in [6.07, 6.45) is 2.14. The fourth-order valence-corrected chi connectivity index (χ4v) is 2.30. The van der Waals surface area contributed by atoms with Crippen molar-refractivity contribution >= 4 is 11.3 Å². The first-order valence-corrected chi connectivity index (χ1v) is 5.37. The number of hydrogen-bond donors (Lipinski definition) is 0. The Morgan fingerprint density at radius 3 is 3.00 bits per heavy atom. The van der Waals surface area contributed by atoms with Gasteiger partial charge in [-0.15, -0.1) is 11.3 Å². The highest BCUT2D eigenvalue weighted by Crippen LogP contribution is 2.28. The van der Waals surface area contributed by atoms with Crippen LogP contribution in [0.25, 0.3) is 10.6 Å². The van der Waals surface area contributed by atoms with Gasteiger partial charge in [0.25, 0.3) is 0 Å². The predicted octanol–water partition coefficient (Wildman–Crippen LogP) is 2.58. The minimum atomic E-state index is 0.373. The summed E-state index contributed by atoms with van der Waals surface area (Å²) in [5.41, 5.74) is 1.88. The van der Waals surface area contributed by atoms with E-state index in [1.165, 1.54) is 0 Å². The lowest BCUT2D eigenvalue weighted by Gasteiger charge is -1.95. The number of thiazole rings is 1. The van der Waals surface area contributed by atoms with Gasteiger partial charge in [-0.2, -0.15) is 5.26 Å². The van der Waals surface area contributed by atoms with Crippen LogP contribution in [-0.4, -0.2) is 9.97 Å². The highest BCUT2D eigenvalue weighted by Gasteiger charge is 2.09. The average molecular weight is 215 g/mol. The quantitative estimate of drug-likeness (QED) is 0.773. The van der Waals surface area contributed by atoms with E-state index in [1.54, 1.807) is 17.5 Å². The molecule has 0 bridgehead atoms. The highest BCUT2D eigenvalue weighted by atomic mass is 32.1. The number of aryl methyl sites for hydroxylation is 1. The van der Waals surface area contributed by atoms with Crippen LogP contribution >= 0.6 is 11.3 Å². The van der Waals surface area contributed by atoms with Crippen LogP contribution < -0.4 is 0 Å². The van der Waals surface area contributed by atoms with E-state index in [9.17, 15) is 0 Å². The minimum absolute atomic E-state index is 0.373. The molecule has 0 aliphatic rings. The van der Waals surface area contributed by atoms with E-state index < -0.39 is 0 Å². The van der Waals surface area contributed by atoms with Gasteiger partial charge in [0.15, 0.2) is 0 Å². The second-order valence-corrected chi connectivity index (χ2v) is 4.16. The molecule has 0 spiro atoms.